The molecule has 2 N–H and O–H groups in total. The maximum Gasteiger partial charge on any atom is 0.398 e. The second kappa shape index (κ2) is 7.01. The molecule has 160 valence electrons. The predicted octanol–water partition coefficient (Wildman–Crippen LogP) is 5.45. The van der Waals surface area contributed by atoms with Crippen LogP contribution in [-0.2, 0) is 18.3 Å². The van der Waals surface area contributed by atoms with Gasteiger partial charge in [-0.2, -0.15) is 13.2 Å². The Morgan fingerprint density at radius 1 is 1.10 bits per heavy atom. The highest BCUT2D eigenvalue weighted by atomic mass is 19.4. The van der Waals surface area contributed by atoms with Gasteiger partial charge < -0.3 is 14.8 Å². The van der Waals surface area contributed by atoms with Crippen LogP contribution in [0.1, 0.15) is 37.1 Å². The molecule has 0 saturated heterocycles. The molecule has 0 radical (unpaired) electrons. The van der Waals surface area contributed by atoms with Crippen molar-refractivity contribution in [1.29, 1.82) is 0 Å². The van der Waals surface area contributed by atoms with Gasteiger partial charge in [0.05, 0.1) is 17.6 Å². The number of para-hydroxylation sites is 1. The second-order valence-corrected chi connectivity index (χ2v) is 8.60. The molecule has 3 nitrogen and oxygen atoms in total. The van der Waals surface area contributed by atoms with Crippen molar-refractivity contribution in [2.24, 2.45) is 0 Å². The first-order valence-electron chi connectivity index (χ1n) is 9.80. The fourth-order valence-corrected chi connectivity index (χ4v) is 4.49. The van der Waals surface area contributed by atoms with Crippen LogP contribution >= 0.6 is 0 Å². The third kappa shape index (κ3) is 3.67. The van der Waals surface area contributed by atoms with Crippen LogP contribution in [-0.4, -0.2) is 28.5 Å². The topological polar surface area (TPSA) is 45.2 Å². The number of H-pyrrole nitrogens is 1. The maximum absolute atomic E-state index is 14.3. The summed E-state index contributed by atoms with van der Waals surface area (Å²) in [7, 11) is 0. The monoisotopic (exact) mass is 421 g/mol. The Labute approximate surface area is 171 Å². The van der Waals surface area contributed by atoms with Gasteiger partial charge in [0.1, 0.15) is 11.6 Å². The van der Waals surface area contributed by atoms with E-state index in [-0.39, 0.29) is 24.3 Å². The molecule has 0 amide bonds. The summed E-state index contributed by atoms with van der Waals surface area (Å²) in [4.78, 5) is 3.14. The van der Waals surface area contributed by atoms with E-state index in [1.54, 1.807) is 0 Å². The Kier molecular flexibility index (Phi) is 4.84. The molecule has 1 aromatic heterocycles. The molecule has 1 aliphatic rings. The number of nitrogens with one attached hydrogen (secondary N) is 1. The van der Waals surface area contributed by atoms with Crippen LogP contribution in [0.3, 0.4) is 0 Å². The first-order chi connectivity index (χ1) is 14.0. The minimum atomic E-state index is -4.72. The molecule has 2 unspecified atom stereocenters. The fraction of sp³-hybridized carbons (Fsp3) is 0.391. The highest BCUT2D eigenvalue weighted by Crippen LogP contribution is 2.51. The van der Waals surface area contributed by atoms with Crippen LogP contribution in [0.15, 0.2) is 42.5 Å². The summed E-state index contributed by atoms with van der Waals surface area (Å²) in [5, 5.41) is 11.9. The molecule has 2 atom stereocenters. The van der Waals surface area contributed by atoms with Gasteiger partial charge in [-0.05, 0) is 49.9 Å². The van der Waals surface area contributed by atoms with Crippen LogP contribution < -0.4 is 4.74 Å². The lowest BCUT2D eigenvalue weighted by Crippen LogP contribution is -2.47. The number of rotatable bonds is 5. The molecule has 0 aliphatic carbocycles. The third-order valence-corrected chi connectivity index (χ3v) is 5.86. The molecule has 0 spiro atoms. The molecule has 3 aromatic rings. The number of halogens is 4. The van der Waals surface area contributed by atoms with Crippen LogP contribution in [0, 0.1) is 5.82 Å². The van der Waals surface area contributed by atoms with E-state index in [9.17, 15) is 22.7 Å². The molecule has 7 heteroatoms. The van der Waals surface area contributed by atoms with Crippen LogP contribution in [0.25, 0.3) is 10.9 Å². The summed E-state index contributed by atoms with van der Waals surface area (Å²) in [6.07, 6.45) is -5.01. The molecule has 0 saturated carbocycles. The first-order valence-corrected chi connectivity index (χ1v) is 9.80. The average Bonchev–Trinajstić information content (AvgIpc) is 3.24. The van der Waals surface area contributed by atoms with E-state index in [1.165, 1.54) is 13.0 Å². The van der Waals surface area contributed by atoms with E-state index in [0.717, 1.165) is 23.9 Å². The molecule has 4 rings (SSSR count). The maximum atomic E-state index is 14.3. The Balaban J connectivity index is 1.71. The smallest absolute Gasteiger partial charge is 0.398 e. The number of aromatic amines is 1. The Hall–Kier alpha value is -2.54. The van der Waals surface area contributed by atoms with E-state index < -0.39 is 29.4 Å². The lowest BCUT2D eigenvalue weighted by atomic mass is 9.71. The minimum absolute atomic E-state index is 0.00822. The van der Waals surface area contributed by atoms with Gasteiger partial charge in [-0.3, -0.25) is 0 Å². The highest BCUT2D eigenvalue weighted by Gasteiger charge is 2.56. The van der Waals surface area contributed by atoms with Crippen LogP contribution in [0.4, 0.5) is 17.6 Å². The number of hydrogen-bond acceptors (Lipinski definition) is 2. The minimum Gasteiger partial charge on any atom is -0.493 e. The number of alkyl halides is 3. The third-order valence-electron chi connectivity index (χ3n) is 5.86. The van der Waals surface area contributed by atoms with Gasteiger partial charge in [-0.15, -0.1) is 0 Å². The normalized spacial score (nSPS) is 18.0. The molecule has 2 heterocycles. The summed E-state index contributed by atoms with van der Waals surface area (Å²) >= 11 is 0. The number of aliphatic hydroxyl groups is 1. The molecule has 0 bridgehead atoms. The zero-order valence-corrected chi connectivity index (χ0v) is 16.7. The average molecular weight is 421 g/mol. The van der Waals surface area contributed by atoms with Crippen molar-refractivity contribution in [3.8, 4) is 5.75 Å². The first kappa shape index (κ1) is 20.7. The molecule has 0 fully saturated rings. The number of ether oxygens (including phenoxy) is 1. The van der Waals surface area contributed by atoms with Crippen molar-refractivity contribution in [3.63, 3.8) is 0 Å². The Morgan fingerprint density at radius 3 is 2.53 bits per heavy atom. The second-order valence-electron chi connectivity index (χ2n) is 8.60. The molecular formula is C23H23F4NO2. The lowest BCUT2D eigenvalue weighted by Gasteiger charge is -2.39. The van der Waals surface area contributed by atoms with Crippen molar-refractivity contribution in [2.45, 2.75) is 50.3 Å². The van der Waals surface area contributed by atoms with Crippen molar-refractivity contribution < 1.29 is 27.4 Å². The van der Waals surface area contributed by atoms with Crippen molar-refractivity contribution in [1.82, 2.24) is 4.98 Å². The van der Waals surface area contributed by atoms with Crippen molar-refractivity contribution >= 4 is 10.9 Å². The summed E-state index contributed by atoms with van der Waals surface area (Å²) in [5.74, 6) is -0.655. The van der Waals surface area contributed by atoms with Gasteiger partial charge in [-0.1, -0.05) is 18.2 Å². The zero-order chi connectivity index (χ0) is 21.7. The van der Waals surface area contributed by atoms with Crippen LogP contribution in [0.5, 0.6) is 5.75 Å². The summed E-state index contributed by atoms with van der Waals surface area (Å²) in [6.45, 7) is 2.59. The summed E-state index contributed by atoms with van der Waals surface area (Å²) in [6, 6.07) is 11.4. The Morgan fingerprint density at radius 2 is 1.83 bits per heavy atom. The van der Waals surface area contributed by atoms with E-state index in [1.807, 2.05) is 30.3 Å². The largest absolute Gasteiger partial charge is 0.493 e. The van der Waals surface area contributed by atoms with Gasteiger partial charge in [0.2, 0.25) is 0 Å². The molecule has 1 aliphatic heterocycles. The van der Waals surface area contributed by atoms with Gasteiger partial charge in [0.25, 0.3) is 0 Å². The van der Waals surface area contributed by atoms with Gasteiger partial charge in [-0.25, -0.2) is 4.39 Å². The highest BCUT2D eigenvalue weighted by molar-refractivity contribution is 5.80. The molecule has 30 heavy (non-hydrogen) atoms. The van der Waals surface area contributed by atoms with Gasteiger partial charge in [0.15, 0.2) is 0 Å². The van der Waals surface area contributed by atoms with Crippen LogP contribution in [0.2, 0.25) is 0 Å². The molecular weight excluding hydrogens is 398 g/mol. The quantitative estimate of drug-likeness (QED) is 0.539. The molecule has 2 aromatic carbocycles. The van der Waals surface area contributed by atoms with Crippen molar-refractivity contribution in [2.75, 3.05) is 6.61 Å². The summed E-state index contributed by atoms with van der Waals surface area (Å²) in [5.41, 5.74) is -2.55. The van der Waals surface area contributed by atoms with E-state index in [0.29, 0.717) is 17.7 Å². The summed E-state index contributed by atoms with van der Waals surface area (Å²) < 4.78 is 62.6. The van der Waals surface area contributed by atoms with E-state index in [4.69, 9.17) is 4.74 Å². The standard InChI is InChI=1S/C23H23F4NO2/c1-21(29,12-17-10-14-5-3-4-6-19(14)28-17)13-22(2,23(25,26)27)18-11-16(24)9-15-7-8-30-20(15)18/h3-6,9-11,28-29H,7-8,12-13H2,1-2H3. The van der Waals surface area contributed by atoms with Gasteiger partial charge >= 0.3 is 6.18 Å². The fourth-order valence-electron chi connectivity index (χ4n) is 4.49. The van der Waals surface area contributed by atoms with Crippen molar-refractivity contribution in [3.05, 3.63) is 65.1 Å². The Bertz CT molecular complexity index is 1050. The number of fused-ring (bicyclic) bond motifs is 2. The number of aromatic nitrogens is 1. The SMILES string of the molecule is CC(O)(Cc1cc2ccccc2[nH]1)CC(C)(c1cc(F)cc2c1OCC2)C(F)(F)F. The lowest BCUT2D eigenvalue weighted by molar-refractivity contribution is -0.200. The van der Waals surface area contributed by atoms with E-state index >= 15 is 0 Å². The number of benzene rings is 2. The van der Waals surface area contributed by atoms with E-state index in [2.05, 4.69) is 4.98 Å². The number of hydrogen-bond donors (Lipinski definition) is 2. The van der Waals surface area contributed by atoms with Gasteiger partial charge in [0, 0.05) is 35.2 Å². The predicted molar refractivity (Wildman–Crippen MR) is 106 cm³/mol. The zero-order valence-electron chi connectivity index (χ0n) is 16.7.